The highest BCUT2D eigenvalue weighted by Gasteiger charge is 2.14. The van der Waals surface area contributed by atoms with Gasteiger partial charge in [0.05, 0.1) is 12.7 Å². The quantitative estimate of drug-likeness (QED) is 0.775. The van der Waals surface area contributed by atoms with Gasteiger partial charge in [-0.05, 0) is 31.0 Å². The molecule has 0 spiro atoms. The molecule has 1 aromatic rings. The molecule has 0 aliphatic carbocycles. The van der Waals surface area contributed by atoms with E-state index in [0.29, 0.717) is 6.61 Å². The second-order valence-corrected chi connectivity index (χ2v) is 4.05. The topological polar surface area (TPSA) is 29.5 Å². The molecular formula is C13H18F2O2. The zero-order chi connectivity index (χ0) is 12.8. The van der Waals surface area contributed by atoms with E-state index in [-0.39, 0.29) is 11.3 Å². The maximum atomic E-state index is 13.5. The molecular weight excluding hydrogens is 226 g/mol. The average molecular weight is 244 g/mol. The Labute approximate surface area is 100 Å². The number of hydrogen-bond donors (Lipinski definition) is 1. The first-order chi connectivity index (χ1) is 8.06. The van der Waals surface area contributed by atoms with E-state index in [2.05, 4.69) is 0 Å². The molecule has 0 radical (unpaired) electrons. The van der Waals surface area contributed by atoms with E-state index in [1.807, 2.05) is 6.92 Å². The van der Waals surface area contributed by atoms with Crippen molar-refractivity contribution in [2.45, 2.75) is 39.2 Å². The minimum absolute atomic E-state index is 0.209. The summed E-state index contributed by atoms with van der Waals surface area (Å²) < 4.78 is 32.1. The first-order valence-corrected chi connectivity index (χ1v) is 5.86. The fourth-order valence-corrected chi connectivity index (χ4v) is 1.48. The van der Waals surface area contributed by atoms with E-state index in [1.165, 1.54) is 6.92 Å². The summed E-state index contributed by atoms with van der Waals surface area (Å²) in [7, 11) is 0. The van der Waals surface area contributed by atoms with Gasteiger partial charge in [-0.15, -0.1) is 0 Å². The monoisotopic (exact) mass is 244 g/mol. The summed E-state index contributed by atoms with van der Waals surface area (Å²) in [6.45, 7) is 3.80. The Kier molecular flexibility index (Phi) is 5.35. The van der Waals surface area contributed by atoms with Gasteiger partial charge in [0, 0.05) is 0 Å². The first kappa shape index (κ1) is 13.9. The Bertz CT molecular complexity index is 341. The molecule has 2 nitrogen and oxygen atoms in total. The van der Waals surface area contributed by atoms with Crippen LogP contribution in [0.2, 0.25) is 0 Å². The molecule has 0 amide bonds. The van der Waals surface area contributed by atoms with Gasteiger partial charge in [-0.25, -0.2) is 8.78 Å². The van der Waals surface area contributed by atoms with E-state index in [4.69, 9.17) is 4.74 Å². The molecule has 1 atom stereocenters. The Balaban J connectivity index is 2.72. The number of halogens is 2. The zero-order valence-electron chi connectivity index (χ0n) is 10.2. The lowest BCUT2D eigenvalue weighted by atomic mass is 10.1. The minimum atomic E-state index is -0.895. The number of unbranched alkanes of at least 4 members (excludes halogenated alkanes) is 2. The van der Waals surface area contributed by atoms with E-state index in [9.17, 15) is 13.9 Å². The summed E-state index contributed by atoms with van der Waals surface area (Å²) in [6, 6.07) is 2.20. The average Bonchev–Trinajstić information content (AvgIpc) is 2.26. The number of aliphatic hydroxyl groups excluding tert-OH is 1. The molecule has 1 aromatic carbocycles. The van der Waals surface area contributed by atoms with Crippen LogP contribution >= 0.6 is 0 Å². The molecule has 0 heterocycles. The maximum absolute atomic E-state index is 13.5. The van der Waals surface area contributed by atoms with Gasteiger partial charge in [0.2, 0.25) is 0 Å². The van der Waals surface area contributed by atoms with Crippen LogP contribution in [0.15, 0.2) is 12.1 Å². The van der Waals surface area contributed by atoms with Crippen LogP contribution < -0.4 is 4.74 Å². The summed E-state index contributed by atoms with van der Waals surface area (Å²) in [5.74, 6) is -1.89. The molecule has 0 unspecified atom stereocenters. The first-order valence-electron chi connectivity index (χ1n) is 5.86. The Morgan fingerprint density at radius 2 is 1.82 bits per heavy atom. The van der Waals surface area contributed by atoms with Gasteiger partial charge >= 0.3 is 0 Å². The lowest BCUT2D eigenvalue weighted by molar-refractivity contribution is 0.197. The molecule has 0 bridgehead atoms. The fourth-order valence-electron chi connectivity index (χ4n) is 1.48. The number of rotatable bonds is 6. The molecule has 0 fully saturated rings. The molecule has 1 N–H and O–H groups in total. The highest BCUT2D eigenvalue weighted by molar-refractivity contribution is 5.32. The summed E-state index contributed by atoms with van der Waals surface area (Å²) in [6.07, 6.45) is 1.87. The van der Waals surface area contributed by atoms with Gasteiger partial charge in [-0.1, -0.05) is 19.8 Å². The lowest BCUT2D eigenvalue weighted by Gasteiger charge is -2.11. The molecule has 0 aliphatic heterocycles. The van der Waals surface area contributed by atoms with Gasteiger partial charge in [0.15, 0.2) is 17.4 Å². The number of benzene rings is 1. The van der Waals surface area contributed by atoms with Crippen molar-refractivity contribution in [1.82, 2.24) is 0 Å². The van der Waals surface area contributed by atoms with Crippen molar-refractivity contribution in [3.63, 3.8) is 0 Å². The predicted octanol–water partition coefficient (Wildman–Crippen LogP) is 3.59. The standard InChI is InChI=1S/C13H18F2O2/c1-3-4-5-6-17-13-11(14)7-10(9(2)16)8-12(13)15/h7-9,16H,3-6H2,1-2H3/t9-/m1/s1. The Morgan fingerprint density at radius 1 is 1.24 bits per heavy atom. The maximum Gasteiger partial charge on any atom is 0.190 e. The molecule has 1 rings (SSSR count). The number of hydrogen-bond acceptors (Lipinski definition) is 2. The molecule has 4 heteroatoms. The van der Waals surface area contributed by atoms with E-state index < -0.39 is 17.7 Å². The van der Waals surface area contributed by atoms with Crippen molar-refractivity contribution in [1.29, 1.82) is 0 Å². The minimum Gasteiger partial charge on any atom is -0.488 e. The van der Waals surface area contributed by atoms with Gasteiger partial charge in [-0.3, -0.25) is 0 Å². The smallest absolute Gasteiger partial charge is 0.190 e. The third-order valence-electron chi connectivity index (χ3n) is 2.50. The molecule has 0 aromatic heterocycles. The molecule has 0 aliphatic rings. The van der Waals surface area contributed by atoms with Crippen LogP contribution in [0.25, 0.3) is 0 Å². The van der Waals surface area contributed by atoms with Gasteiger partial charge < -0.3 is 9.84 Å². The van der Waals surface area contributed by atoms with E-state index in [0.717, 1.165) is 31.4 Å². The van der Waals surface area contributed by atoms with Crippen molar-refractivity contribution >= 4 is 0 Å². The van der Waals surface area contributed by atoms with Crippen LogP contribution in [0.3, 0.4) is 0 Å². The van der Waals surface area contributed by atoms with Gasteiger partial charge in [-0.2, -0.15) is 0 Å². The van der Waals surface area contributed by atoms with E-state index in [1.54, 1.807) is 0 Å². The Morgan fingerprint density at radius 3 is 2.29 bits per heavy atom. The van der Waals surface area contributed by atoms with Crippen molar-refractivity contribution in [2.75, 3.05) is 6.61 Å². The fraction of sp³-hybridized carbons (Fsp3) is 0.538. The highest BCUT2D eigenvalue weighted by Crippen LogP contribution is 2.26. The third-order valence-corrected chi connectivity index (χ3v) is 2.50. The highest BCUT2D eigenvalue weighted by atomic mass is 19.1. The van der Waals surface area contributed by atoms with Gasteiger partial charge in [0.25, 0.3) is 0 Å². The van der Waals surface area contributed by atoms with Crippen molar-refractivity contribution < 1.29 is 18.6 Å². The van der Waals surface area contributed by atoms with Crippen molar-refractivity contribution in [3.05, 3.63) is 29.3 Å². The van der Waals surface area contributed by atoms with Crippen LogP contribution in [0.4, 0.5) is 8.78 Å². The van der Waals surface area contributed by atoms with Gasteiger partial charge in [0.1, 0.15) is 0 Å². The molecule has 0 saturated heterocycles. The predicted molar refractivity (Wildman–Crippen MR) is 62.0 cm³/mol. The molecule has 0 saturated carbocycles. The summed E-state index contributed by atoms with van der Waals surface area (Å²) in [4.78, 5) is 0. The second-order valence-electron chi connectivity index (χ2n) is 4.05. The van der Waals surface area contributed by atoms with Crippen LogP contribution in [0, 0.1) is 11.6 Å². The summed E-state index contributed by atoms with van der Waals surface area (Å²) in [5, 5.41) is 9.24. The molecule has 96 valence electrons. The lowest BCUT2D eigenvalue weighted by Crippen LogP contribution is -2.03. The van der Waals surface area contributed by atoms with Crippen LogP contribution in [-0.4, -0.2) is 11.7 Å². The number of ether oxygens (including phenoxy) is 1. The van der Waals surface area contributed by atoms with E-state index >= 15 is 0 Å². The Hall–Kier alpha value is -1.16. The second kappa shape index (κ2) is 6.55. The van der Waals surface area contributed by atoms with Crippen molar-refractivity contribution in [2.24, 2.45) is 0 Å². The van der Waals surface area contributed by atoms with Crippen LogP contribution in [0.5, 0.6) is 5.75 Å². The van der Waals surface area contributed by atoms with Crippen LogP contribution in [-0.2, 0) is 0 Å². The summed E-state index contributed by atoms with van der Waals surface area (Å²) >= 11 is 0. The normalized spacial score (nSPS) is 12.5. The summed E-state index contributed by atoms with van der Waals surface area (Å²) in [5.41, 5.74) is 0.209. The third kappa shape index (κ3) is 3.97. The zero-order valence-corrected chi connectivity index (χ0v) is 10.2. The van der Waals surface area contributed by atoms with Crippen LogP contribution in [0.1, 0.15) is 44.8 Å². The molecule has 17 heavy (non-hydrogen) atoms. The number of aliphatic hydroxyl groups is 1. The van der Waals surface area contributed by atoms with Crippen molar-refractivity contribution in [3.8, 4) is 5.75 Å². The SMILES string of the molecule is CCCCCOc1c(F)cc([C@@H](C)O)cc1F. The largest absolute Gasteiger partial charge is 0.488 e.